The van der Waals surface area contributed by atoms with Gasteiger partial charge in [-0.05, 0) is 36.2 Å². The molecule has 1 atom stereocenters. The summed E-state index contributed by atoms with van der Waals surface area (Å²) in [6, 6.07) is 14.4. The summed E-state index contributed by atoms with van der Waals surface area (Å²) in [7, 11) is 2.08. The molecule has 1 N–H and O–H groups in total. The van der Waals surface area contributed by atoms with Crippen LogP contribution in [0.15, 0.2) is 42.5 Å². The third kappa shape index (κ3) is 2.09. The smallest absolute Gasteiger partial charge is 0.114 e. The molecule has 0 spiro atoms. The molecule has 3 aromatic rings. The van der Waals surface area contributed by atoms with E-state index in [1.165, 1.54) is 11.3 Å². The van der Waals surface area contributed by atoms with Gasteiger partial charge in [0, 0.05) is 30.2 Å². The maximum atomic E-state index is 6.07. The van der Waals surface area contributed by atoms with Crippen molar-refractivity contribution >= 4 is 28.3 Å². The Labute approximate surface area is 128 Å². The van der Waals surface area contributed by atoms with Crippen LogP contribution in [0, 0.1) is 0 Å². The Hall–Kier alpha value is -2.00. The van der Waals surface area contributed by atoms with E-state index in [2.05, 4.69) is 41.2 Å². The monoisotopic (exact) mass is 297 g/mol. The first-order valence-corrected chi connectivity index (χ1v) is 7.54. The van der Waals surface area contributed by atoms with Gasteiger partial charge in [0.1, 0.15) is 5.82 Å². The molecule has 1 aliphatic heterocycles. The number of anilines is 1. The van der Waals surface area contributed by atoms with Crippen molar-refractivity contribution in [1.82, 2.24) is 9.55 Å². The van der Waals surface area contributed by atoms with E-state index in [0.29, 0.717) is 5.92 Å². The third-order valence-electron chi connectivity index (χ3n) is 4.27. The first kappa shape index (κ1) is 12.7. The number of halogens is 1. The van der Waals surface area contributed by atoms with E-state index in [0.717, 1.165) is 34.8 Å². The quantitative estimate of drug-likeness (QED) is 0.736. The second kappa shape index (κ2) is 4.78. The molecule has 4 heteroatoms. The van der Waals surface area contributed by atoms with Crippen LogP contribution in [-0.2, 0) is 13.5 Å². The number of para-hydroxylation sites is 1. The third-order valence-corrected chi connectivity index (χ3v) is 4.50. The Morgan fingerprint density at radius 3 is 3.00 bits per heavy atom. The molecule has 0 saturated carbocycles. The average molecular weight is 298 g/mol. The highest BCUT2D eigenvalue weighted by atomic mass is 35.5. The minimum absolute atomic E-state index is 0.385. The van der Waals surface area contributed by atoms with Crippen LogP contribution in [0.25, 0.3) is 11.0 Å². The fraction of sp³-hybridized carbons (Fsp3) is 0.235. The highest BCUT2D eigenvalue weighted by Crippen LogP contribution is 2.31. The van der Waals surface area contributed by atoms with E-state index in [9.17, 15) is 0 Å². The SMILES string of the molecule is Cn1c(C2CNc3ccccc3C2)nc2cc(Cl)ccc21. The van der Waals surface area contributed by atoms with Gasteiger partial charge in [0.25, 0.3) is 0 Å². The summed E-state index contributed by atoms with van der Waals surface area (Å²) in [4.78, 5) is 4.81. The Balaban J connectivity index is 1.76. The highest BCUT2D eigenvalue weighted by molar-refractivity contribution is 6.31. The number of aryl methyl sites for hydroxylation is 1. The summed E-state index contributed by atoms with van der Waals surface area (Å²) < 4.78 is 2.19. The second-order valence-electron chi connectivity index (χ2n) is 5.60. The molecule has 4 rings (SSSR count). The van der Waals surface area contributed by atoms with Gasteiger partial charge in [0.2, 0.25) is 0 Å². The molecular weight excluding hydrogens is 282 g/mol. The van der Waals surface area contributed by atoms with E-state index in [-0.39, 0.29) is 0 Å². The Morgan fingerprint density at radius 1 is 1.24 bits per heavy atom. The molecule has 1 aliphatic rings. The maximum Gasteiger partial charge on any atom is 0.114 e. The lowest BCUT2D eigenvalue weighted by atomic mass is 9.93. The van der Waals surface area contributed by atoms with Crippen LogP contribution in [0.3, 0.4) is 0 Å². The van der Waals surface area contributed by atoms with Gasteiger partial charge in [-0.15, -0.1) is 0 Å². The van der Waals surface area contributed by atoms with Gasteiger partial charge in [-0.1, -0.05) is 29.8 Å². The summed E-state index contributed by atoms with van der Waals surface area (Å²) in [6.07, 6.45) is 1.02. The zero-order chi connectivity index (χ0) is 14.4. The first-order chi connectivity index (χ1) is 10.2. The van der Waals surface area contributed by atoms with Crippen LogP contribution in [0.1, 0.15) is 17.3 Å². The molecule has 0 radical (unpaired) electrons. The van der Waals surface area contributed by atoms with Gasteiger partial charge in [-0.2, -0.15) is 0 Å². The molecule has 21 heavy (non-hydrogen) atoms. The molecule has 0 aliphatic carbocycles. The minimum atomic E-state index is 0.385. The van der Waals surface area contributed by atoms with Crippen molar-refractivity contribution < 1.29 is 0 Å². The number of imidazole rings is 1. The molecule has 0 bridgehead atoms. The molecule has 2 heterocycles. The Morgan fingerprint density at radius 2 is 2.10 bits per heavy atom. The maximum absolute atomic E-state index is 6.07. The number of hydrogen-bond acceptors (Lipinski definition) is 2. The predicted octanol–water partition coefficient (Wildman–Crippen LogP) is 3.98. The second-order valence-corrected chi connectivity index (χ2v) is 6.04. The largest absolute Gasteiger partial charge is 0.384 e. The van der Waals surface area contributed by atoms with Crippen molar-refractivity contribution in [3.05, 3.63) is 58.9 Å². The molecule has 3 nitrogen and oxygen atoms in total. The average Bonchev–Trinajstić information content (AvgIpc) is 2.83. The number of hydrogen-bond donors (Lipinski definition) is 1. The van der Waals surface area contributed by atoms with E-state index < -0.39 is 0 Å². The number of rotatable bonds is 1. The number of fused-ring (bicyclic) bond motifs is 2. The normalized spacial score (nSPS) is 17.5. The number of aromatic nitrogens is 2. The Bertz CT molecular complexity index is 822. The van der Waals surface area contributed by atoms with Gasteiger partial charge < -0.3 is 9.88 Å². The van der Waals surface area contributed by atoms with Gasteiger partial charge >= 0.3 is 0 Å². The molecular formula is C17H16ClN3. The minimum Gasteiger partial charge on any atom is -0.384 e. The van der Waals surface area contributed by atoms with Crippen LogP contribution in [0.2, 0.25) is 5.02 Å². The topological polar surface area (TPSA) is 29.9 Å². The zero-order valence-electron chi connectivity index (χ0n) is 11.8. The lowest BCUT2D eigenvalue weighted by Crippen LogP contribution is -2.23. The Kier molecular flexibility index (Phi) is 2.89. The van der Waals surface area contributed by atoms with E-state index in [4.69, 9.17) is 16.6 Å². The molecule has 0 saturated heterocycles. The molecule has 106 valence electrons. The first-order valence-electron chi connectivity index (χ1n) is 7.16. The van der Waals surface area contributed by atoms with Crippen LogP contribution < -0.4 is 5.32 Å². The van der Waals surface area contributed by atoms with Crippen LogP contribution in [-0.4, -0.2) is 16.1 Å². The summed E-state index contributed by atoms with van der Waals surface area (Å²) in [5.41, 5.74) is 4.71. The van der Waals surface area contributed by atoms with Crippen molar-refractivity contribution in [2.45, 2.75) is 12.3 Å². The predicted molar refractivity (Wildman–Crippen MR) is 87.1 cm³/mol. The van der Waals surface area contributed by atoms with E-state index in [1.807, 2.05) is 18.2 Å². The fourth-order valence-corrected chi connectivity index (χ4v) is 3.35. The number of nitrogens with zero attached hydrogens (tertiary/aromatic N) is 2. The van der Waals surface area contributed by atoms with E-state index in [1.54, 1.807) is 0 Å². The zero-order valence-corrected chi connectivity index (χ0v) is 12.6. The van der Waals surface area contributed by atoms with Crippen molar-refractivity contribution in [3.8, 4) is 0 Å². The molecule has 1 aromatic heterocycles. The lowest BCUT2D eigenvalue weighted by molar-refractivity contribution is 0.624. The van der Waals surface area contributed by atoms with Gasteiger partial charge in [-0.25, -0.2) is 4.98 Å². The van der Waals surface area contributed by atoms with E-state index >= 15 is 0 Å². The van der Waals surface area contributed by atoms with Crippen molar-refractivity contribution in [3.63, 3.8) is 0 Å². The summed E-state index contributed by atoms with van der Waals surface area (Å²) in [5.74, 6) is 1.50. The molecule has 1 unspecified atom stereocenters. The molecule has 2 aromatic carbocycles. The van der Waals surface area contributed by atoms with Crippen molar-refractivity contribution in [2.24, 2.45) is 7.05 Å². The summed E-state index contributed by atoms with van der Waals surface area (Å²) in [5, 5.41) is 4.25. The fourth-order valence-electron chi connectivity index (χ4n) is 3.18. The van der Waals surface area contributed by atoms with Crippen LogP contribution >= 0.6 is 11.6 Å². The summed E-state index contributed by atoms with van der Waals surface area (Å²) >= 11 is 6.07. The van der Waals surface area contributed by atoms with Gasteiger partial charge in [-0.3, -0.25) is 0 Å². The van der Waals surface area contributed by atoms with Crippen molar-refractivity contribution in [1.29, 1.82) is 0 Å². The van der Waals surface area contributed by atoms with Gasteiger partial charge in [0.05, 0.1) is 11.0 Å². The van der Waals surface area contributed by atoms with Crippen LogP contribution in [0.4, 0.5) is 5.69 Å². The van der Waals surface area contributed by atoms with Gasteiger partial charge in [0.15, 0.2) is 0 Å². The number of benzene rings is 2. The lowest BCUT2D eigenvalue weighted by Gasteiger charge is -2.25. The highest BCUT2D eigenvalue weighted by Gasteiger charge is 2.23. The van der Waals surface area contributed by atoms with Crippen LogP contribution in [0.5, 0.6) is 0 Å². The molecule has 0 fully saturated rings. The summed E-state index contributed by atoms with van der Waals surface area (Å²) in [6.45, 7) is 0.919. The standard InChI is InChI=1S/C17H16ClN3/c1-21-16-7-6-13(18)9-15(16)20-17(21)12-8-11-4-2-3-5-14(11)19-10-12/h2-7,9,12,19H,8,10H2,1H3. The number of nitrogens with one attached hydrogen (secondary N) is 1. The molecule has 0 amide bonds. The van der Waals surface area contributed by atoms with Crippen molar-refractivity contribution in [2.75, 3.05) is 11.9 Å².